The number of carbonyl (C=O) groups is 1. The molecule has 1 N–H and O–H groups in total. The molecule has 0 saturated heterocycles. The molecule has 0 saturated carbocycles. The van der Waals surface area contributed by atoms with Crippen LogP contribution in [0.15, 0.2) is 0 Å². The second kappa shape index (κ2) is 45.3. The number of nitrogens with one attached hydrogen (secondary N) is 1. The first-order valence-electron chi connectivity index (χ1n) is 22.8. The molecule has 6 nitrogen and oxygen atoms in total. The van der Waals surface area contributed by atoms with Gasteiger partial charge in [0, 0.05) is 13.2 Å². The van der Waals surface area contributed by atoms with E-state index in [0.29, 0.717) is 33.0 Å². The van der Waals surface area contributed by atoms with Gasteiger partial charge in [0.05, 0.1) is 33.0 Å². The van der Waals surface area contributed by atoms with Gasteiger partial charge in [0.2, 0.25) is 0 Å². The first-order valence-corrected chi connectivity index (χ1v) is 22.8. The molecule has 0 atom stereocenters. The molecule has 0 aromatic rings. The number of hydrogen-bond donors (Lipinski definition) is 1. The number of unbranched alkanes of at least 4 members (excludes halogenated alkanes) is 30. The molecule has 0 heterocycles. The van der Waals surface area contributed by atoms with Crippen molar-refractivity contribution in [1.82, 2.24) is 5.32 Å². The zero-order valence-corrected chi connectivity index (χ0v) is 34.9. The normalized spacial score (nSPS) is 11.5. The molecule has 0 aliphatic rings. The zero-order chi connectivity index (χ0) is 37.0. The number of hydrogen-bond acceptors (Lipinski definition) is 5. The molecular formula is C45H91NO5. The second-order valence-electron chi connectivity index (χ2n) is 15.4. The Labute approximate surface area is 319 Å². The highest BCUT2D eigenvalue weighted by Gasteiger charge is 2.13. The van der Waals surface area contributed by atoms with Crippen LogP contribution in [0, 0.1) is 0 Å². The van der Waals surface area contributed by atoms with Crippen LogP contribution in [-0.4, -0.2) is 58.9 Å². The van der Waals surface area contributed by atoms with Gasteiger partial charge in [-0.1, -0.05) is 219 Å². The first kappa shape index (κ1) is 50.1. The molecule has 0 aromatic carbocycles. The second-order valence-corrected chi connectivity index (χ2v) is 15.4. The van der Waals surface area contributed by atoms with Crippen LogP contribution in [0.5, 0.6) is 0 Å². The molecule has 0 spiro atoms. The van der Waals surface area contributed by atoms with Gasteiger partial charge >= 0.3 is 6.09 Å². The average Bonchev–Trinajstić information content (AvgIpc) is 3.13. The lowest BCUT2D eigenvalue weighted by atomic mass is 9.99. The summed E-state index contributed by atoms with van der Waals surface area (Å²) in [7, 11) is 1.66. The Kier molecular flexibility index (Phi) is 44.6. The minimum Gasteiger partial charge on any atom is -0.447 e. The van der Waals surface area contributed by atoms with Crippen LogP contribution in [0.1, 0.15) is 232 Å². The van der Waals surface area contributed by atoms with Crippen molar-refractivity contribution in [1.29, 1.82) is 0 Å². The van der Waals surface area contributed by atoms with E-state index < -0.39 is 0 Å². The molecule has 6 heteroatoms. The predicted octanol–water partition coefficient (Wildman–Crippen LogP) is 14.1. The number of ether oxygens (including phenoxy) is 4. The maximum absolute atomic E-state index is 12.6. The highest BCUT2D eigenvalue weighted by Crippen LogP contribution is 2.18. The summed E-state index contributed by atoms with van der Waals surface area (Å²) in [6.45, 7) is 7.43. The van der Waals surface area contributed by atoms with Crippen molar-refractivity contribution >= 4 is 6.09 Å². The Morgan fingerprint density at radius 3 is 0.980 bits per heavy atom. The Morgan fingerprint density at radius 2 is 0.667 bits per heavy atom. The summed E-state index contributed by atoms with van der Waals surface area (Å²) in [5.41, 5.74) is 0. The van der Waals surface area contributed by atoms with Gasteiger partial charge in [-0.25, -0.2) is 4.79 Å². The molecule has 51 heavy (non-hydrogen) atoms. The van der Waals surface area contributed by atoms with E-state index in [1.807, 2.05) is 0 Å². The highest BCUT2D eigenvalue weighted by molar-refractivity contribution is 5.67. The zero-order valence-electron chi connectivity index (χ0n) is 34.9. The predicted molar refractivity (Wildman–Crippen MR) is 220 cm³/mol. The third-order valence-electron chi connectivity index (χ3n) is 10.4. The summed E-state index contributed by atoms with van der Waals surface area (Å²) in [6.07, 6.45) is 46.1. The van der Waals surface area contributed by atoms with Crippen molar-refractivity contribution in [3.05, 3.63) is 0 Å². The van der Waals surface area contributed by atoms with E-state index in [4.69, 9.17) is 18.9 Å². The maximum Gasteiger partial charge on any atom is 0.407 e. The first-order chi connectivity index (χ1) is 25.2. The number of carbonyl (C=O) groups excluding carboxylic acids is 1. The van der Waals surface area contributed by atoms with Gasteiger partial charge in [0.1, 0.15) is 6.61 Å². The molecule has 0 aromatic heterocycles. The van der Waals surface area contributed by atoms with Crippen molar-refractivity contribution in [2.45, 2.75) is 238 Å². The highest BCUT2D eigenvalue weighted by atomic mass is 16.6. The minimum atomic E-state index is -0.298. The van der Waals surface area contributed by atoms with Crippen LogP contribution in [0.25, 0.3) is 0 Å². The van der Waals surface area contributed by atoms with Crippen molar-refractivity contribution in [3.8, 4) is 0 Å². The van der Waals surface area contributed by atoms with Gasteiger partial charge in [0.25, 0.3) is 0 Å². The van der Waals surface area contributed by atoms with Crippen LogP contribution in [-0.2, 0) is 18.9 Å². The molecule has 306 valence electrons. The van der Waals surface area contributed by atoms with Crippen LogP contribution in [0.2, 0.25) is 0 Å². The molecule has 0 aliphatic carbocycles. The van der Waals surface area contributed by atoms with Crippen LogP contribution in [0.3, 0.4) is 0 Å². The fourth-order valence-electron chi connectivity index (χ4n) is 7.03. The molecule has 0 fully saturated rings. The molecule has 0 aliphatic heterocycles. The fourth-order valence-corrected chi connectivity index (χ4v) is 7.03. The van der Waals surface area contributed by atoms with Crippen molar-refractivity contribution < 1.29 is 23.7 Å². The SMILES string of the molecule is CCCCCCCCCCCCCCCCCCC(CCCCCCCCCCCCCCCCCC)NC(=O)OCCOCCOCCOC. The molecule has 0 bridgehead atoms. The Hall–Kier alpha value is -0.850. The Bertz CT molecular complexity index is 612. The summed E-state index contributed by atoms with van der Waals surface area (Å²) >= 11 is 0. The fraction of sp³-hybridized carbons (Fsp3) is 0.978. The van der Waals surface area contributed by atoms with E-state index in [-0.39, 0.29) is 18.7 Å². The van der Waals surface area contributed by atoms with Gasteiger partial charge in [0.15, 0.2) is 0 Å². The maximum atomic E-state index is 12.6. The van der Waals surface area contributed by atoms with E-state index in [1.165, 1.54) is 205 Å². The van der Waals surface area contributed by atoms with E-state index in [9.17, 15) is 4.79 Å². The molecular weight excluding hydrogens is 634 g/mol. The molecule has 1 amide bonds. The van der Waals surface area contributed by atoms with Gasteiger partial charge in [-0.2, -0.15) is 0 Å². The van der Waals surface area contributed by atoms with Gasteiger partial charge in [-0.05, 0) is 12.8 Å². The standard InChI is InChI=1S/C45H91NO5/c1-4-6-8-10-12-14-16-18-20-22-24-26-28-30-32-34-36-44(46-45(47)51-43-42-50-41-40-49-39-38-48-3)37-35-33-31-29-27-25-23-21-19-17-15-13-11-9-7-5-2/h44H,4-43H2,1-3H3,(H,46,47). The summed E-state index contributed by atoms with van der Waals surface area (Å²) in [6, 6.07) is 0.214. The van der Waals surface area contributed by atoms with Crippen molar-refractivity contribution in [3.63, 3.8) is 0 Å². The van der Waals surface area contributed by atoms with Crippen LogP contribution >= 0.6 is 0 Å². The van der Waals surface area contributed by atoms with Crippen molar-refractivity contribution in [2.24, 2.45) is 0 Å². The quantitative estimate of drug-likeness (QED) is 0.0634. The lowest BCUT2D eigenvalue weighted by Gasteiger charge is -2.19. The third-order valence-corrected chi connectivity index (χ3v) is 10.4. The van der Waals surface area contributed by atoms with Crippen LogP contribution in [0.4, 0.5) is 4.79 Å². The largest absolute Gasteiger partial charge is 0.447 e. The minimum absolute atomic E-state index is 0.214. The van der Waals surface area contributed by atoms with E-state index in [2.05, 4.69) is 19.2 Å². The number of amides is 1. The lowest BCUT2D eigenvalue weighted by molar-refractivity contribution is 0.0128. The van der Waals surface area contributed by atoms with Gasteiger partial charge in [-0.3, -0.25) is 0 Å². The number of rotatable bonds is 44. The van der Waals surface area contributed by atoms with E-state index in [1.54, 1.807) is 7.11 Å². The topological polar surface area (TPSA) is 66.0 Å². The Morgan fingerprint density at radius 1 is 0.392 bits per heavy atom. The molecule has 0 rings (SSSR count). The third kappa shape index (κ3) is 43.4. The van der Waals surface area contributed by atoms with Crippen molar-refractivity contribution in [2.75, 3.05) is 46.8 Å². The van der Waals surface area contributed by atoms with E-state index in [0.717, 1.165) is 12.8 Å². The lowest BCUT2D eigenvalue weighted by Crippen LogP contribution is -2.36. The van der Waals surface area contributed by atoms with Gasteiger partial charge < -0.3 is 24.3 Å². The monoisotopic (exact) mass is 726 g/mol. The summed E-state index contributed by atoms with van der Waals surface area (Å²) in [5.74, 6) is 0. The number of alkyl carbamates (subject to hydrolysis) is 1. The summed E-state index contributed by atoms with van der Waals surface area (Å²) in [5, 5.41) is 3.19. The Balaban J connectivity index is 4.02. The smallest absolute Gasteiger partial charge is 0.407 e. The van der Waals surface area contributed by atoms with E-state index >= 15 is 0 Å². The molecule has 0 radical (unpaired) electrons. The van der Waals surface area contributed by atoms with Crippen LogP contribution < -0.4 is 5.32 Å². The number of methoxy groups -OCH3 is 1. The average molecular weight is 726 g/mol. The summed E-state index contributed by atoms with van der Waals surface area (Å²) in [4.78, 5) is 12.6. The summed E-state index contributed by atoms with van der Waals surface area (Å²) < 4.78 is 21.3. The van der Waals surface area contributed by atoms with Gasteiger partial charge in [-0.15, -0.1) is 0 Å². The molecule has 0 unspecified atom stereocenters.